The maximum atomic E-state index is 4.63. The number of tetrazole rings is 1. The lowest BCUT2D eigenvalue weighted by atomic mass is 10.3. The second kappa shape index (κ2) is 6.19. The normalized spacial score (nSPS) is 21.6. The van der Waals surface area contributed by atoms with Gasteiger partial charge in [-0.2, -0.15) is 4.68 Å². The molecule has 120 valence electrons. The van der Waals surface area contributed by atoms with Crippen molar-refractivity contribution in [2.24, 2.45) is 4.99 Å². The molecule has 1 saturated heterocycles. The second-order valence-electron chi connectivity index (χ2n) is 5.75. The smallest absolute Gasteiger partial charge is 0.250 e. The molecule has 1 unspecified atom stereocenters. The van der Waals surface area contributed by atoms with Gasteiger partial charge in [0.05, 0.1) is 12.2 Å². The van der Waals surface area contributed by atoms with E-state index in [4.69, 9.17) is 0 Å². The third kappa shape index (κ3) is 2.90. The Bertz CT molecular complexity index is 691. The van der Waals surface area contributed by atoms with Crippen LogP contribution in [0.2, 0.25) is 0 Å². The molecule has 23 heavy (non-hydrogen) atoms. The van der Waals surface area contributed by atoms with E-state index in [2.05, 4.69) is 37.2 Å². The van der Waals surface area contributed by atoms with Gasteiger partial charge in [-0.15, -0.1) is 0 Å². The van der Waals surface area contributed by atoms with Gasteiger partial charge in [0.2, 0.25) is 5.95 Å². The van der Waals surface area contributed by atoms with E-state index < -0.39 is 0 Å². The number of nitrogens with zero attached hydrogens (tertiary/aromatic N) is 7. The molecule has 0 spiro atoms. The number of thioether (sulfide) groups is 1. The molecular weight excluding hydrogens is 310 g/mol. The van der Waals surface area contributed by atoms with E-state index in [1.165, 1.54) is 5.17 Å². The number of rotatable bonds is 2. The summed E-state index contributed by atoms with van der Waals surface area (Å²) in [5.41, 5.74) is 0.986. The standard InChI is InChI=1S/C15H19N7S/c1-12-11-16-15(23-12)21-9-7-20(8-10-21)14-17-18-19-22(14)13-5-3-2-4-6-13/h2-6,12H,7-11H2,1H3. The summed E-state index contributed by atoms with van der Waals surface area (Å²) in [5, 5.41) is 14.0. The van der Waals surface area contributed by atoms with E-state index in [-0.39, 0.29) is 0 Å². The Labute approximate surface area is 139 Å². The topological polar surface area (TPSA) is 62.4 Å². The van der Waals surface area contributed by atoms with Crippen LogP contribution in [0.3, 0.4) is 0 Å². The van der Waals surface area contributed by atoms with Crippen molar-refractivity contribution in [2.75, 3.05) is 37.6 Å². The lowest BCUT2D eigenvalue weighted by molar-refractivity contribution is 0.388. The van der Waals surface area contributed by atoms with Gasteiger partial charge in [0.25, 0.3) is 0 Å². The molecule has 8 heteroatoms. The van der Waals surface area contributed by atoms with E-state index in [1.807, 2.05) is 42.1 Å². The molecule has 2 aliphatic rings. The van der Waals surface area contributed by atoms with Crippen LogP contribution < -0.4 is 4.90 Å². The van der Waals surface area contributed by atoms with Crippen LogP contribution in [0.4, 0.5) is 5.95 Å². The Kier molecular flexibility index (Phi) is 3.90. The van der Waals surface area contributed by atoms with Gasteiger partial charge >= 0.3 is 0 Å². The first-order valence-electron chi connectivity index (χ1n) is 7.86. The monoisotopic (exact) mass is 329 g/mol. The van der Waals surface area contributed by atoms with Crippen LogP contribution in [-0.4, -0.2) is 68.2 Å². The van der Waals surface area contributed by atoms with Crippen molar-refractivity contribution in [3.8, 4) is 5.69 Å². The molecule has 1 atom stereocenters. The number of anilines is 1. The van der Waals surface area contributed by atoms with Gasteiger partial charge in [-0.3, -0.25) is 4.99 Å². The van der Waals surface area contributed by atoms with Crippen molar-refractivity contribution in [3.05, 3.63) is 30.3 Å². The number of aliphatic imine (C=N–C) groups is 1. The Morgan fingerprint density at radius 3 is 2.48 bits per heavy atom. The fourth-order valence-corrected chi connectivity index (χ4v) is 3.84. The van der Waals surface area contributed by atoms with Crippen LogP contribution in [0, 0.1) is 0 Å². The molecule has 2 aromatic rings. The predicted molar refractivity (Wildman–Crippen MR) is 92.3 cm³/mol. The van der Waals surface area contributed by atoms with Crippen LogP contribution in [0.15, 0.2) is 35.3 Å². The third-order valence-corrected chi connectivity index (χ3v) is 5.23. The van der Waals surface area contributed by atoms with Crippen molar-refractivity contribution in [2.45, 2.75) is 12.2 Å². The Morgan fingerprint density at radius 2 is 1.78 bits per heavy atom. The van der Waals surface area contributed by atoms with Crippen LogP contribution >= 0.6 is 11.8 Å². The van der Waals surface area contributed by atoms with Crippen molar-refractivity contribution >= 4 is 22.9 Å². The number of piperazine rings is 1. The van der Waals surface area contributed by atoms with Crippen LogP contribution in [0.5, 0.6) is 0 Å². The number of hydrogen-bond donors (Lipinski definition) is 0. The predicted octanol–water partition coefficient (Wildman–Crippen LogP) is 1.28. The van der Waals surface area contributed by atoms with Crippen LogP contribution in [0.25, 0.3) is 5.69 Å². The number of amidine groups is 1. The van der Waals surface area contributed by atoms with Gasteiger partial charge in [0.1, 0.15) is 0 Å². The first-order chi connectivity index (χ1) is 11.3. The fraction of sp³-hybridized carbons (Fsp3) is 0.467. The summed E-state index contributed by atoms with van der Waals surface area (Å²) in [5.74, 6) is 0.810. The summed E-state index contributed by atoms with van der Waals surface area (Å²) < 4.78 is 1.81. The Morgan fingerprint density at radius 1 is 1.04 bits per heavy atom. The molecule has 2 aliphatic heterocycles. The summed E-state index contributed by atoms with van der Waals surface area (Å²) in [6.45, 7) is 6.89. The minimum Gasteiger partial charge on any atom is -0.348 e. The van der Waals surface area contributed by atoms with Gasteiger partial charge in [-0.25, -0.2) is 0 Å². The lowest BCUT2D eigenvalue weighted by Crippen LogP contribution is -2.48. The molecule has 0 N–H and O–H groups in total. The van der Waals surface area contributed by atoms with Crippen molar-refractivity contribution < 1.29 is 0 Å². The third-order valence-electron chi connectivity index (χ3n) is 4.08. The molecule has 0 amide bonds. The molecule has 4 rings (SSSR count). The number of hydrogen-bond acceptors (Lipinski definition) is 7. The maximum Gasteiger partial charge on any atom is 0.250 e. The largest absolute Gasteiger partial charge is 0.348 e. The molecule has 1 aromatic heterocycles. The van der Waals surface area contributed by atoms with E-state index in [1.54, 1.807) is 4.68 Å². The fourth-order valence-electron chi connectivity index (χ4n) is 2.85. The highest BCUT2D eigenvalue weighted by Crippen LogP contribution is 2.24. The molecule has 0 radical (unpaired) electrons. The highest BCUT2D eigenvalue weighted by molar-refractivity contribution is 8.14. The summed E-state index contributed by atoms with van der Waals surface area (Å²) >= 11 is 1.88. The molecule has 1 aromatic carbocycles. The second-order valence-corrected chi connectivity index (χ2v) is 7.16. The van der Waals surface area contributed by atoms with Crippen molar-refractivity contribution in [1.29, 1.82) is 0 Å². The first-order valence-corrected chi connectivity index (χ1v) is 8.74. The van der Waals surface area contributed by atoms with Gasteiger partial charge in [0, 0.05) is 31.4 Å². The number of para-hydroxylation sites is 1. The summed E-state index contributed by atoms with van der Waals surface area (Å²) in [7, 11) is 0. The van der Waals surface area contributed by atoms with E-state index in [0.29, 0.717) is 5.25 Å². The Hall–Kier alpha value is -2.09. The highest BCUT2D eigenvalue weighted by Gasteiger charge is 2.26. The number of benzene rings is 1. The minimum absolute atomic E-state index is 0.605. The lowest BCUT2D eigenvalue weighted by Gasteiger charge is -2.35. The highest BCUT2D eigenvalue weighted by atomic mass is 32.2. The van der Waals surface area contributed by atoms with E-state index >= 15 is 0 Å². The average molecular weight is 329 g/mol. The first kappa shape index (κ1) is 14.5. The van der Waals surface area contributed by atoms with Gasteiger partial charge < -0.3 is 9.80 Å². The maximum absolute atomic E-state index is 4.63. The minimum atomic E-state index is 0.605. The van der Waals surface area contributed by atoms with E-state index in [0.717, 1.165) is 44.4 Å². The average Bonchev–Trinajstić information content (AvgIpc) is 3.25. The van der Waals surface area contributed by atoms with Gasteiger partial charge in [0.15, 0.2) is 5.17 Å². The van der Waals surface area contributed by atoms with Crippen molar-refractivity contribution in [3.63, 3.8) is 0 Å². The molecule has 0 saturated carbocycles. The summed E-state index contributed by atoms with van der Waals surface area (Å²) in [6.07, 6.45) is 0. The molecule has 1 fully saturated rings. The molecular formula is C15H19N7S. The molecule has 3 heterocycles. The zero-order valence-electron chi connectivity index (χ0n) is 13.0. The molecule has 0 aliphatic carbocycles. The van der Waals surface area contributed by atoms with E-state index in [9.17, 15) is 0 Å². The zero-order valence-corrected chi connectivity index (χ0v) is 13.9. The van der Waals surface area contributed by atoms with Gasteiger partial charge in [-0.1, -0.05) is 42.0 Å². The molecule has 7 nitrogen and oxygen atoms in total. The SMILES string of the molecule is CC1CN=C(N2CCN(c3nnnn3-c3ccccc3)CC2)S1. The van der Waals surface area contributed by atoms with Gasteiger partial charge in [-0.05, 0) is 22.6 Å². The quantitative estimate of drug-likeness (QED) is 0.827. The zero-order chi connectivity index (χ0) is 15.6. The Balaban J connectivity index is 1.46. The molecule has 0 bridgehead atoms. The van der Waals surface area contributed by atoms with Crippen molar-refractivity contribution in [1.82, 2.24) is 25.1 Å². The summed E-state index contributed by atoms with van der Waals surface area (Å²) in [4.78, 5) is 9.25. The van der Waals surface area contributed by atoms with Crippen LogP contribution in [-0.2, 0) is 0 Å². The number of aromatic nitrogens is 4. The van der Waals surface area contributed by atoms with Crippen LogP contribution in [0.1, 0.15) is 6.92 Å². The summed E-state index contributed by atoms with van der Waals surface area (Å²) in [6, 6.07) is 10.0.